The lowest BCUT2D eigenvalue weighted by atomic mass is 10.2. The molecule has 0 aromatic heterocycles. The Bertz CT molecular complexity index is 340. The number of hydrogen-bond donors (Lipinski definition) is 3. The maximum absolute atomic E-state index is 11.5. The SMILES string of the molecule is CCNC(=NCCN(C)CCCOC)NCCNC(=O)C(C)C.I. The zero-order chi connectivity index (χ0) is 17.5. The van der Waals surface area contributed by atoms with E-state index in [4.69, 9.17) is 4.74 Å². The van der Waals surface area contributed by atoms with Crippen LogP contribution in [-0.2, 0) is 9.53 Å². The molecule has 0 heterocycles. The summed E-state index contributed by atoms with van der Waals surface area (Å²) >= 11 is 0. The van der Waals surface area contributed by atoms with E-state index in [0.717, 1.165) is 45.2 Å². The van der Waals surface area contributed by atoms with Gasteiger partial charge in [0.1, 0.15) is 0 Å². The summed E-state index contributed by atoms with van der Waals surface area (Å²) in [6.07, 6.45) is 1.03. The van der Waals surface area contributed by atoms with Crippen LogP contribution in [-0.4, -0.2) is 76.8 Å². The number of nitrogens with one attached hydrogen (secondary N) is 3. The van der Waals surface area contributed by atoms with Crippen molar-refractivity contribution < 1.29 is 9.53 Å². The number of guanidine groups is 1. The molecule has 1 amide bonds. The van der Waals surface area contributed by atoms with Crippen LogP contribution in [0.5, 0.6) is 0 Å². The minimum Gasteiger partial charge on any atom is -0.385 e. The summed E-state index contributed by atoms with van der Waals surface area (Å²) in [4.78, 5) is 18.3. The van der Waals surface area contributed by atoms with E-state index >= 15 is 0 Å². The van der Waals surface area contributed by atoms with Crippen LogP contribution in [0.2, 0.25) is 0 Å². The molecule has 0 bridgehead atoms. The van der Waals surface area contributed by atoms with E-state index in [1.807, 2.05) is 20.8 Å². The Labute approximate surface area is 164 Å². The summed E-state index contributed by atoms with van der Waals surface area (Å²) in [6.45, 7) is 11.3. The van der Waals surface area contributed by atoms with Crippen molar-refractivity contribution in [2.24, 2.45) is 10.9 Å². The molecule has 8 heteroatoms. The van der Waals surface area contributed by atoms with Crippen LogP contribution < -0.4 is 16.0 Å². The van der Waals surface area contributed by atoms with Crippen molar-refractivity contribution in [1.29, 1.82) is 0 Å². The summed E-state index contributed by atoms with van der Waals surface area (Å²) in [5, 5.41) is 9.31. The zero-order valence-electron chi connectivity index (χ0n) is 15.9. The maximum atomic E-state index is 11.5. The Balaban J connectivity index is 0. The Kier molecular flexibility index (Phi) is 18.4. The van der Waals surface area contributed by atoms with Crippen molar-refractivity contribution in [3.63, 3.8) is 0 Å². The fraction of sp³-hybridized carbons (Fsp3) is 0.875. The van der Waals surface area contributed by atoms with Gasteiger partial charge in [0.25, 0.3) is 0 Å². The third-order valence-electron chi connectivity index (χ3n) is 3.23. The van der Waals surface area contributed by atoms with Gasteiger partial charge in [0.2, 0.25) is 5.91 Å². The topological polar surface area (TPSA) is 78.0 Å². The van der Waals surface area contributed by atoms with Gasteiger partial charge in [-0.05, 0) is 20.4 Å². The second kappa shape index (κ2) is 17.2. The van der Waals surface area contributed by atoms with Gasteiger partial charge in [-0.3, -0.25) is 9.79 Å². The van der Waals surface area contributed by atoms with Crippen LogP contribution in [0.3, 0.4) is 0 Å². The second-order valence-corrected chi connectivity index (χ2v) is 5.78. The first-order chi connectivity index (χ1) is 11.0. The molecule has 24 heavy (non-hydrogen) atoms. The van der Waals surface area contributed by atoms with E-state index < -0.39 is 0 Å². The first-order valence-corrected chi connectivity index (χ1v) is 8.48. The van der Waals surface area contributed by atoms with Crippen molar-refractivity contribution in [3.8, 4) is 0 Å². The smallest absolute Gasteiger partial charge is 0.222 e. The molecule has 0 fully saturated rings. The molecule has 0 unspecified atom stereocenters. The number of carbonyl (C=O) groups excluding carboxylic acids is 1. The van der Waals surface area contributed by atoms with E-state index in [0.29, 0.717) is 13.1 Å². The summed E-state index contributed by atoms with van der Waals surface area (Å²) in [7, 11) is 3.81. The van der Waals surface area contributed by atoms with Gasteiger partial charge >= 0.3 is 0 Å². The first kappa shape index (κ1) is 25.6. The lowest BCUT2D eigenvalue weighted by molar-refractivity contribution is -0.123. The fourth-order valence-electron chi connectivity index (χ4n) is 1.84. The van der Waals surface area contributed by atoms with Gasteiger partial charge in [0.05, 0.1) is 6.54 Å². The molecule has 0 aliphatic carbocycles. The molecule has 0 radical (unpaired) electrons. The van der Waals surface area contributed by atoms with Gasteiger partial charge in [-0.15, -0.1) is 24.0 Å². The van der Waals surface area contributed by atoms with Gasteiger partial charge in [0, 0.05) is 52.4 Å². The predicted octanol–water partition coefficient (Wildman–Crippen LogP) is 0.900. The molecular formula is C16H36IN5O2. The minimum atomic E-state index is 0. The third kappa shape index (κ3) is 14.9. The number of ether oxygens (including phenoxy) is 1. The number of nitrogens with zero attached hydrogens (tertiary/aromatic N) is 2. The average Bonchev–Trinajstić information content (AvgIpc) is 2.51. The van der Waals surface area contributed by atoms with Gasteiger partial charge in [-0.25, -0.2) is 0 Å². The number of hydrogen-bond acceptors (Lipinski definition) is 4. The highest BCUT2D eigenvalue weighted by Gasteiger charge is 2.05. The highest BCUT2D eigenvalue weighted by Crippen LogP contribution is 1.89. The Morgan fingerprint density at radius 1 is 1.17 bits per heavy atom. The number of amides is 1. The van der Waals surface area contributed by atoms with E-state index in [2.05, 4.69) is 32.9 Å². The molecule has 7 nitrogen and oxygen atoms in total. The van der Waals surface area contributed by atoms with Crippen LogP contribution in [0.25, 0.3) is 0 Å². The molecular weight excluding hydrogens is 421 g/mol. The largest absolute Gasteiger partial charge is 0.385 e. The molecule has 0 spiro atoms. The molecule has 0 saturated heterocycles. The van der Waals surface area contributed by atoms with Gasteiger partial charge < -0.3 is 25.6 Å². The zero-order valence-corrected chi connectivity index (χ0v) is 18.2. The molecule has 0 aliphatic rings. The number of rotatable bonds is 12. The molecule has 0 aromatic rings. The van der Waals surface area contributed by atoms with Crippen LogP contribution in [0, 0.1) is 5.92 Å². The normalized spacial score (nSPS) is 11.4. The van der Waals surface area contributed by atoms with Crippen molar-refractivity contribution in [3.05, 3.63) is 0 Å². The molecule has 0 aliphatic heterocycles. The summed E-state index contributed by atoms with van der Waals surface area (Å²) in [5.74, 6) is 0.883. The molecule has 0 rings (SSSR count). The number of halogens is 1. The molecule has 144 valence electrons. The molecule has 0 atom stereocenters. The van der Waals surface area contributed by atoms with Crippen LogP contribution >= 0.6 is 24.0 Å². The first-order valence-electron chi connectivity index (χ1n) is 8.48. The van der Waals surface area contributed by atoms with Gasteiger partial charge in [-0.2, -0.15) is 0 Å². The number of methoxy groups -OCH3 is 1. The summed E-state index contributed by atoms with van der Waals surface area (Å²) < 4.78 is 5.05. The van der Waals surface area contributed by atoms with E-state index in [9.17, 15) is 4.79 Å². The quantitative estimate of drug-likeness (QED) is 0.176. The van der Waals surface area contributed by atoms with E-state index in [1.165, 1.54) is 0 Å². The van der Waals surface area contributed by atoms with Crippen LogP contribution in [0.4, 0.5) is 0 Å². The molecule has 0 saturated carbocycles. The highest BCUT2D eigenvalue weighted by atomic mass is 127. The molecule has 3 N–H and O–H groups in total. The second-order valence-electron chi connectivity index (χ2n) is 5.78. The fourth-order valence-corrected chi connectivity index (χ4v) is 1.84. The van der Waals surface area contributed by atoms with Crippen LogP contribution in [0.15, 0.2) is 4.99 Å². The van der Waals surface area contributed by atoms with Crippen molar-refractivity contribution in [2.45, 2.75) is 27.2 Å². The van der Waals surface area contributed by atoms with E-state index in [-0.39, 0.29) is 35.8 Å². The Hall–Kier alpha value is -0.610. The van der Waals surface area contributed by atoms with Crippen LogP contribution in [0.1, 0.15) is 27.2 Å². The predicted molar refractivity (Wildman–Crippen MR) is 111 cm³/mol. The van der Waals surface area contributed by atoms with Gasteiger partial charge in [-0.1, -0.05) is 13.8 Å². The van der Waals surface area contributed by atoms with Crippen molar-refractivity contribution >= 4 is 35.8 Å². The lowest BCUT2D eigenvalue weighted by Gasteiger charge is -2.16. The summed E-state index contributed by atoms with van der Waals surface area (Å²) in [5.41, 5.74) is 0. The number of carbonyl (C=O) groups is 1. The Morgan fingerprint density at radius 3 is 2.42 bits per heavy atom. The minimum absolute atomic E-state index is 0. The average molecular weight is 457 g/mol. The van der Waals surface area contributed by atoms with Crippen molar-refractivity contribution in [1.82, 2.24) is 20.9 Å². The maximum Gasteiger partial charge on any atom is 0.222 e. The number of likely N-dealkylation sites (N-methyl/N-ethyl adjacent to an activating group) is 1. The van der Waals surface area contributed by atoms with Gasteiger partial charge in [0.15, 0.2) is 5.96 Å². The summed E-state index contributed by atoms with van der Waals surface area (Å²) in [6, 6.07) is 0. The molecule has 0 aromatic carbocycles. The monoisotopic (exact) mass is 457 g/mol. The Morgan fingerprint density at radius 2 is 1.83 bits per heavy atom. The standard InChI is InChI=1S/C16H35N5O2.HI/c1-6-17-16(19-9-8-18-15(22)14(2)3)20-10-12-21(4)11-7-13-23-5;/h14H,6-13H2,1-5H3,(H,18,22)(H2,17,19,20);1H. The van der Waals surface area contributed by atoms with E-state index in [1.54, 1.807) is 7.11 Å². The third-order valence-corrected chi connectivity index (χ3v) is 3.23. The number of aliphatic imine (C=N–C) groups is 1. The van der Waals surface area contributed by atoms with Crippen molar-refractivity contribution in [2.75, 3.05) is 60.0 Å². The highest BCUT2D eigenvalue weighted by molar-refractivity contribution is 14.0. The lowest BCUT2D eigenvalue weighted by Crippen LogP contribution is -2.42.